The number of esters is 1. The van der Waals surface area contributed by atoms with Gasteiger partial charge >= 0.3 is 5.97 Å². The predicted octanol–water partition coefficient (Wildman–Crippen LogP) is 2.83. The Kier molecular flexibility index (Phi) is 7.99. The Bertz CT molecular complexity index is 1260. The molecular formula is C24H23N3O6S. The highest BCUT2D eigenvalue weighted by Crippen LogP contribution is 2.22. The first-order valence-corrected chi connectivity index (χ1v) is 11.5. The number of benzene rings is 3. The minimum Gasteiger partial charge on any atom is -0.482 e. The van der Waals surface area contributed by atoms with Gasteiger partial charge in [0.05, 0.1) is 23.9 Å². The lowest BCUT2D eigenvalue weighted by atomic mass is 10.2. The maximum atomic E-state index is 12.7. The number of rotatable bonds is 9. The van der Waals surface area contributed by atoms with E-state index in [1.807, 2.05) is 0 Å². The highest BCUT2D eigenvalue weighted by molar-refractivity contribution is 7.92. The van der Waals surface area contributed by atoms with Crippen LogP contribution in [0.3, 0.4) is 0 Å². The third-order valence-electron chi connectivity index (χ3n) is 4.74. The molecule has 0 aliphatic rings. The molecule has 0 aliphatic carbocycles. The highest BCUT2D eigenvalue weighted by atomic mass is 32.2. The van der Waals surface area contributed by atoms with E-state index in [9.17, 15) is 18.0 Å². The minimum absolute atomic E-state index is 0.178. The molecule has 9 nitrogen and oxygen atoms in total. The van der Waals surface area contributed by atoms with Crippen molar-refractivity contribution in [2.24, 2.45) is 5.10 Å². The van der Waals surface area contributed by atoms with E-state index < -0.39 is 21.9 Å². The molecule has 176 valence electrons. The number of nitrogens with zero attached hydrogens (tertiary/aromatic N) is 2. The standard InChI is InChI=1S/C24H23N3O6S/c1-27(34(30,31)22-6-4-3-5-7-22)20-12-10-19(11-13-20)24(29)26-25-16-18-8-14-21(15-9-18)33-17-23(28)32-2/h3-16H,17H2,1-2H3,(H,26,29)/b25-16+. The molecule has 3 aromatic rings. The first kappa shape index (κ1) is 24.5. The summed E-state index contributed by atoms with van der Waals surface area (Å²) in [5, 5.41) is 3.93. The molecule has 34 heavy (non-hydrogen) atoms. The van der Waals surface area contributed by atoms with E-state index in [2.05, 4.69) is 15.3 Å². The number of sulfonamides is 1. The van der Waals surface area contributed by atoms with Gasteiger partial charge in [0.1, 0.15) is 5.75 Å². The van der Waals surface area contributed by atoms with Crippen LogP contribution in [0.5, 0.6) is 5.75 Å². The van der Waals surface area contributed by atoms with Crippen LogP contribution in [-0.4, -0.2) is 47.3 Å². The van der Waals surface area contributed by atoms with Crippen molar-refractivity contribution in [1.29, 1.82) is 0 Å². The second kappa shape index (κ2) is 11.1. The molecule has 1 N–H and O–H groups in total. The van der Waals surface area contributed by atoms with E-state index in [0.29, 0.717) is 22.6 Å². The zero-order valence-corrected chi connectivity index (χ0v) is 19.4. The molecule has 10 heteroatoms. The van der Waals surface area contributed by atoms with E-state index in [1.54, 1.807) is 54.6 Å². The maximum Gasteiger partial charge on any atom is 0.343 e. The highest BCUT2D eigenvalue weighted by Gasteiger charge is 2.21. The van der Waals surface area contributed by atoms with Gasteiger partial charge < -0.3 is 9.47 Å². The van der Waals surface area contributed by atoms with Crippen molar-refractivity contribution in [2.45, 2.75) is 4.90 Å². The average molecular weight is 482 g/mol. The van der Waals surface area contributed by atoms with E-state index in [4.69, 9.17) is 4.74 Å². The summed E-state index contributed by atoms with van der Waals surface area (Å²) in [6.07, 6.45) is 1.45. The van der Waals surface area contributed by atoms with Gasteiger partial charge in [0.2, 0.25) is 0 Å². The average Bonchev–Trinajstić information content (AvgIpc) is 2.88. The minimum atomic E-state index is -3.71. The third-order valence-corrected chi connectivity index (χ3v) is 6.54. The summed E-state index contributed by atoms with van der Waals surface area (Å²) in [5.74, 6) is -0.439. The van der Waals surface area contributed by atoms with Crippen LogP contribution in [0.1, 0.15) is 15.9 Å². The smallest absolute Gasteiger partial charge is 0.343 e. The first-order valence-electron chi connectivity index (χ1n) is 10.1. The van der Waals surface area contributed by atoms with Gasteiger partial charge in [0.15, 0.2) is 6.61 Å². The van der Waals surface area contributed by atoms with Crippen molar-refractivity contribution in [2.75, 3.05) is 25.1 Å². The summed E-state index contributed by atoms with van der Waals surface area (Å²) in [6, 6.07) is 21.0. The van der Waals surface area contributed by atoms with Crippen molar-refractivity contribution in [3.05, 3.63) is 90.0 Å². The topological polar surface area (TPSA) is 114 Å². The lowest BCUT2D eigenvalue weighted by molar-refractivity contribution is -0.142. The SMILES string of the molecule is COC(=O)COc1ccc(/C=N/NC(=O)c2ccc(N(C)S(=O)(=O)c3ccccc3)cc2)cc1. The quantitative estimate of drug-likeness (QED) is 0.286. The van der Waals surface area contributed by atoms with Crippen LogP contribution in [0.4, 0.5) is 5.69 Å². The Balaban J connectivity index is 1.57. The lowest BCUT2D eigenvalue weighted by Crippen LogP contribution is -2.26. The number of hydrogen-bond acceptors (Lipinski definition) is 7. The van der Waals surface area contributed by atoms with Gasteiger partial charge in [0, 0.05) is 12.6 Å². The van der Waals surface area contributed by atoms with Gasteiger partial charge in [-0.15, -0.1) is 0 Å². The summed E-state index contributed by atoms with van der Waals surface area (Å²) in [5.41, 5.74) is 3.86. The number of carbonyl (C=O) groups excluding carboxylic acids is 2. The number of nitrogens with one attached hydrogen (secondary N) is 1. The summed E-state index contributed by atoms with van der Waals surface area (Å²) in [4.78, 5) is 23.6. The molecule has 0 aromatic heterocycles. The van der Waals surface area contributed by atoms with Crippen molar-refractivity contribution >= 4 is 33.8 Å². The molecule has 3 rings (SSSR count). The number of methoxy groups -OCH3 is 1. The zero-order valence-electron chi connectivity index (χ0n) is 18.5. The summed E-state index contributed by atoms with van der Waals surface area (Å²) in [7, 11) is -0.973. The monoisotopic (exact) mass is 481 g/mol. The van der Waals surface area contributed by atoms with Crippen LogP contribution in [-0.2, 0) is 19.6 Å². The first-order chi connectivity index (χ1) is 16.3. The van der Waals surface area contributed by atoms with Gasteiger partial charge in [-0.05, 0) is 66.2 Å². The fraction of sp³-hybridized carbons (Fsp3) is 0.125. The number of ether oxygens (including phenoxy) is 2. The molecule has 0 fully saturated rings. The number of carbonyl (C=O) groups is 2. The Morgan fingerprint density at radius 3 is 2.24 bits per heavy atom. The van der Waals surface area contributed by atoms with Crippen LogP contribution in [0.15, 0.2) is 88.9 Å². The molecule has 0 unspecified atom stereocenters. The van der Waals surface area contributed by atoms with Gasteiger partial charge in [0.25, 0.3) is 15.9 Å². The Hall–Kier alpha value is -4.18. The van der Waals surface area contributed by atoms with Crippen molar-refractivity contribution in [1.82, 2.24) is 5.43 Å². The number of hydrogen-bond donors (Lipinski definition) is 1. The van der Waals surface area contributed by atoms with E-state index in [-0.39, 0.29) is 11.5 Å². The third kappa shape index (κ3) is 6.20. The molecule has 0 aliphatic heterocycles. The second-order valence-electron chi connectivity index (χ2n) is 6.97. The van der Waals surface area contributed by atoms with Crippen LogP contribution >= 0.6 is 0 Å². The summed E-state index contributed by atoms with van der Waals surface area (Å²) in [6.45, 7) is -0.188. The molecule has 3 aromatic carbocycles. The van der Waals surface area contributed by atoms with Gasteiger partial charge in [-0.25, -0.2) is 18.6 Å². The molecule has 0 heterocycles. The summed E-state index contributed by atoms with van der Waals surface area (Å²) < 4.78 is 36.4. The van der Waals surface area contributed by atoms with Crippen molar-refractivity contribution < 1.29 is 27.5 Å². The normalized spacial score (nSPS) is 11.1. The lowest BCUT2D eigenvalue weighted by Gasteiger charge is -2.19. The Morgan fingerprint density at radius 2 is 1.62 bits per heavy atom. The van der Waals surface area contributed by atoms with Crippen molar-refractivity contribution in [3.8, 4) is 5.75 Å². The zero-order chi connectivity index (χ0) is 24.6. The number of hydrazone groups is 1. The van der Waals surface area contributed by atoms with Crippen LogP contribution in [0.2, 0.25) is 0 Å². The number of amides is 1. The van der Waals surface area contributed by atoms with Gasteiger partial charge in [-0.2, -0.15) is 5.10 Å². The fourth-order valence-electron chi connectivity index (χ4n) is 2.79. The molecule has 0 spiro atoms. The Morgan fingerprint density at radius 1 is 0.971 bits per heavy atom. The molecule has 0 bridgehead atoms. The van der Waals surface area contributed by atoms with E-state index in [0.717, 1.165) is 4.31 Å². The molecule has 0 saturated carbocycles. The van der Waals surface area contributed by atoms with Crippen LogP contribution in [0.25, 0.3) is 0 Å². The fourth-order valence-corrected chi connectivity index (χ4v) is 4.01. The van der Waals surface area contributed by atoms with E-state index >= 15 is 0 Å². The van der Waals surface area contributed by atoms with Crippen molar-refractivity contribution in [3.63, 3.8) is 0 Å². The van der Waals surface area contributed by atoms with Crippen LogP contribution in [0, 0.1) is 0 Å². The Labute approximate surface area is 197 Å². The van der Waals surface area contributed by atoms with Crippen LogP contribution < -0.4 is 14.5 Å². The summed E-state index contributed by atoms with van der Waals surface area (Å²) >= 11 is 0. The predicted molar refractivity (Wildman–Crippen MR) is 127 cm³/mol. The molecule has 1 amide bonds. The molecule has 0 atom stereocenters. The molecular weight excluding hydrogens is 458 g/mol. The molecule has 0 radical (unpaired) electrons. The largest absolute Gasteiger partial charge is 0.482 e. The van der Waals surface area contributed by atoms with E-state index in [1.165, 1.54) is 44.6 Å². The number of anilines is 1. The van der Waals surface area contributed by atoms with Gasteiger partial charge in [-0.3, -0.25) is 9.10 Å². The second-order valence-corrected chi connectivity index (χ2v) is 8.93. The molecule has 0 saturated heterocycles. The maximum absolute atomic E-state index is 12.7. The van der Waals surface area contributed by atoms with Gasteiger partial charge in [-0.1, -0.05) is 18.2 Å².